The van der Waals surface area contributed by atoms with E-state index >= 15 is 0 Å². The molecule has 3 amide bonds. The quantitative estimate of drug-likeness (QED) is 0.169. The topological polar surface area (TPSA) is 208 Å². The molecule has 8 N–H and O–H groups in total. The van der Waals surface area contributed by atoms with Gasteiger partial charge in [0.25, 0.3) is 0 Å². The molecule has 0 aliphatic rings. The molecular weight excluding hydrogens is 484 g/mol. The van der Waals surface area contributed by atoms with Crippen LogP contribution in [0, 0.1) is 11.8 Å². The lowest BCUT2D eigenvalue weighted by Gasteiger charge is -2.28. The summed E-state index contributed by atoms with van der Waals surface area (Å²) >= 11 is 0. The molecule has 1 aromatic rings. The monoisotopic (exact) mass is 522 g/mol. The predicted octanol–water partition coefficient (Wildman–Crippen LogP) is 0.368. The van der Waals surface area contributed by atoms with Crippen LogP contribution in [0.5, 0.6) is 5.75 Å². The van der Waals surface area contributed by atoms with Gasteiger partial charge in [0.1, 0.15) is 23.9 Å². The molecule has 12 nitrogen and oxygen atoms in total. The van der Waals surface area contributed by atoms with Gasteiger partial charge in [-0.05, 0) is 36.0 Å². The second-order valence-corrected chi connectivity index (χ2v) is 9.54. The molecule has 0 spiro atoms. The Morgan fingerprint density at radius 1 is 0.865 bits per heavy atom. The number of nitrogens with one attached hydrogen (secondary N) is 3. The number of aromatic hydroxyl groups is 1. The van der Waals surface area contributed by atoms with Crippen LogP contribution in [0.15, 0.2) is 24.3 Å². The molecule has 0 aromatic heterocycles. The van der Waals surface area contributed by atoms with E-state index in [0.717, 1.165) is 0 Å². The van der Waals surface area contributed by atoms with Crippen molar-refractivity contribution in [2.45, 2.75) is 77.5 Å². The standard InChI is InChI=1S/C25H38N4O8/c1-5-14(4)21(29-22(33)17(26)12-20(31)32)24(35)27-18(10-13(2)3)23(34)28-19(25(36)37)11-15-6-8-16(30)9-7-15/h6-9,13-14,17-19,21,30H,5,10-12,26H2,1-4H3,(H,27,35)(H,28,34)(H,29,33)(H,31,32)(H,36,37). The van der Waals surface area contributed by atoms with Crippen LogP contribution in [-0.4, -0.2) is 69.1 Å². The Bertz CT molecular complexity index is 951. The summed E-state index contributed by atoms with van der Waals surface area (Å²) in [5.74, 6) is -5.11. The van der Waals surface area contributed by atoms with Crippen molar-refractivity contribution >= 4 is 29.7 Å². The van der Waals surface area contributed by atoms with Crippen LogP contribution in [0.25, 0.3) is 0 Å². The molecule has 12 heteroatoms. The van der Waals surface area contributed by atoms with Gasteiger partial charge in [0, 0.05) is 6.42 Å². The number of aliphatic carboxylic acids is 2. The van der Waals surface area contributed by atoms with Crippen molar-refractivity contribution in [3.63, 3.8) is 0 Å². The van der Waals surface area contributed by atoms with Gasteiger partial charge in [-0.3, -0.25) is 19.2 Å². The molecule has 0 bridgehead atoms. The molecule has 0 aliphatic carbocycles. The molecule has 206 valence electrons. The molecule has 1 aromatic carbocycles. The van der Waals surface area contributed by atoms with Gasteiger partial charge in [-0.25, -0.2) is 4.79 Å². The SMILES string of the molecule is CCC(C)C(NC(=O)C(N)CC(=O)O)C(=O)NC(CC(C)C)C(=O)NC(Cc1ccc(O)cc1)C(=O)O. The van der Waals surface area contributed by atoms with Gasteiger partial charge >= 0.3 is 11.9 Å². The van der Waals surface area contributed by atoms with Crippen molar-refractivity contribution < 1.29 is 39.3 Å². The summed E-state index contributed by atoms with van der Waals surface area (Å²) in [7, 11) is 0. The summed E-state index contributed by atoms with van der Waals surface area (Å²) in [4.78, 5) is 61.3. The van der Waals surface area contributed by atoms with Gasteiger partial charge in [0.05, 0.1) is 12.5 Å². The van der Waals surface area contributed by atoms with E-state index in [4.69, 9.17) is 10.8 Å². The second kappa shape index (κ2) is 14.8. The molecule has 5 unspecified atom stereocenters. The third-order valence-electron chi connectivity index (χ3n) is 5.86. The lowest BCUT2D eigenvalue weighted by molar-refractivity contribution is -0.142. The number of carbonyl (C=O) groups is 5. The minimum atomic E-state index is -1.36. The zero-order valence-corrected chi connectivity index (χ0v) is 21.6. The van der Waals surface area contributed by atoms with Crippen LogP contribution >= 0.6 is 0 Å². The van der Waals surface area contributed by atoms with Crippen molar-refractivity contribution in [1.29, 1.82) is 0 Å². The van der Waals surface area contributed by atoms with Crippen LogP contribution < -0.4 is 21.7 Å². The first-order valence-corrected chi connectivity index (χ1v) is 12.1. The summed E-state index contributed by atoms with van der Waals surface area (Å²) in [6.07, 6.45) is 0.0253. The molecule has 0 fully saturated rings. The van der Waals surface area contributed by atoms with Crippen molar-refractivity contribution in [2.75, 3.05) is 0 Å². The van der Waals surface area contributed by atoms with Crippen molar-refractivity contribution in [1.82, 2.24) is 16.0 Å². The molecule has 0 saturated carbocycles. The van der Waals surface area contributed by atoms with Gasteiger partial charge in [0.2, 0.25) is 17.7 Å². The Hall–Kier alpha value is -3.67. The lowest BCUT2D eigenvalue weighted by Crippen LogP contribution is -2.59. The Balaban J connectivity index is 3.04. The van der Waals surface area contributed by atoms with E-state index in [-0.39, 0.29) is 30.4 Å². The van der Waals surface area contributed by atoms with Crippen LogP contribution in [-0.2, 0) is 30.4 Å². The lowest BCUT2D eigenvalue weighted by atomic mass is 9.96. The molecule has 0 saturated heterocycles. The van der Waals surface area contributed by atoms with Crippen LogP contribution in [0.4, 0.5) is 0 Å². The molecule has 5 atom stereocenters. The zero-order chi connectivity index (χ0) is 28.3. The summed E-state index contributed by atoms with van der Waals surface area (Å²) in [5, 5.41) is 35.5. The summed E-state index contributed by atoms with van der Waals surface area (Å²) in [6.45, 7) is 7.17. The highest BCUT2D eigenvalue weighted by Crippen LogP contribution is 2.14. The van der Waals surface area contributed by atoms with E-state index in [2.05, 4.69) is 16.0 Å². The van der Waals surface area contributed by atoms with Crippen molar-refractivity contribution in [3.8, 4) is 5.75 Å². The normalized spacial score (nSPS) is 15.1. The van der Waals surface area contributed by atoms with Crippen LogP contribution in [0.3, 0.4) is 0 Å². The minimum Gasteiger partial charge on any atom is -0.508 e. The first-order chi connectivity index (χ1) is 17.2. The third kappa shape index (κ3) is 10.9. The maximum atomic E-state index is 13.2. The first kappa shape index (κ1) is 31.4. The molecule has 0 aliphatic heterocycles. The maximum Gasteiger partial charge on any atom is 0.326 e. The van der Waals surface area contributed by atoms with Gasteiger partial charge in [-0.2, -0.15) is 0 Å². The first-order valence-electron chi connectivity index (χ1n) is 12.1. The number of hydrogen-bond acceptors (Lipinski definition) is 7. The highest BCUT2D eigenvalue weighted by Gasteiger charge is 2.33. The summed E-state index contributed by atoms with van der Waals surface area (Å²) in [6, 6.07) is 1.06. The van der Waals surface area contributed by atoms with Crippen molar-refractivity contribution in [3.05, 3.63) is 29.8 Å². The number of hydrogen-bond donors (Lipinski definition) is 7. The van der Waals surface area contributed by atoms with Gasteiger partial charge < -0.3 is 37.0 Å². The van der Waals surface area contributed by atoms with E-state index in [0.29, 0.717) is 12.0 Å². The molecule has 0 heterocycles. The van der Waals surface area contributed by atoms with E-state index in [9.17, 15) is 34.2 Å². The molecular formula is C25H38N4O8. The van der Waals surface area contributed by atoms with E-state index in [1.165, 1.54) is 12.1 Å². The average Bonchev–Trinajstić information content (AvgIpc) is 2.81. The zero-order valence-electron chi connectivity index (χ0n) is 21.6. The Morgan fingerprint density at radius 3 is 1.92 bits per heavy atom. The maximum absolute atomic E-state index is 13.2. The van der Waals surface area contributed by atoms with Gasteiger partial charge in [-0.15, -0.1) is 0 Å². The summed E-state index contributed by atoms with van der Waals surface area (Å²) < 4.78 is 0. The highest BCUT2D eigenvalue weighted by atomic mass is 16.4. The molecule has 37 heavy (non-hydrogen) atoms. The average molecular weight is 523 g/mol. The Labute approximate surface area is 216 Å². The number of amides is 3. The number of benzene rings is 1. The van der Waals surface area contributed by atoms with Crippen molar-refractivity contribution in [2.24, 2.45) is 17.6 Å². The van der Waals surface area contributed by atoms with Crippen LogP contribution in [0.2, 0.25) is 0 Å². The smallest absolute Gasteiger partial charge is 0.326 e. The van der Waals surface area contributed by atoms with Gasteiger partial charge in [-0.1, -0.05) is 46.2 Å². The number of phenolic OH excluding ortho intramolecular Hbond substituents is 1. The number of phenols is 1. The third-order valence-corrected chi connectivity index (χ3v) is 5.86. The van der Waals surface area contributed by atoms with E-state index in [1.807, 2.05) is 13.8 Å². The van der Waals surface area contributed by atoms with E-state index in [1.54, 1.807) is 26.0 Å². The minimum absolute atomic E-state index is 0.0197. The second-order valence-electron chi connectivity index (χ2n) is 9.54. The highest BCUT2D eigenvalue weighted by molar-refractivity contribution is 5.94. The number of carbonyl (C=O) groups excluding carboxylic acids is 3. The Morgan fingerprint density at radius 2 is 1.43 bits per heavy atom. The predicted molar refractivity (Wildman–Crippen MR) is 134 cm³/mol. The number of carboxylic acids is 2. The largest absolute Gasteiger partial charge is 0.508 e. The molecule has 0 radical (unpaired) electrons. The summed E-state index contributed by atoms with van der Waals surface area (Å²) in [5.41, 5.74) is 6.20. The molecule has 1 rings (SSSR count). The van der Waals surface area contributed by atoms with Gasteiger partial charge in [0.15, 0.2) is 0 Å². The van der Waals surface area contributed by atoms with E-state index < -0.39 is 60.2 Å². The fourth-order valence-corrected chi connectivity index (χ4v) is 3.55. The fourth-order valence-electron chi connectivity index (χ4n) is 3.55. The number of carboxylic acid groups (broad SMARTS) is 2. The Kier molecular flexibility index (Phi) is 12.5. The number of nitrogens with two attached hydrogens (primary N) is 1. The fraction of sp³-hybridized carbons (Fsp3) is 0.560. The number of rotatable bonds is 15. The van der Waals surface area contributed by atoms with Crippen LogP contribution in [0.1, 0.15) is 52.5 Å².